The molecule has 0 saturated carbocycles. The first-order valence-corrected chi connectivity index (χ1v) is 7.04. The number of aryl methyl sites for hydroxylation is 1. The standard InChI is InChI=1S/C15H23N5O/c1-11-9-12(16)5-6-13(11)14-17-18-19-20(14)10-15(2,3)7-8-21-4/h5-6,9H,7-8,10,16H2,1-4H3. The summed E-state index contributed by atoms with van der Waals surface area (Å²) in [6, 6.07) is 5.77. The predicted octanol–water partition coefficient (Wildman–Crippen LogP) is 2.29. The molecule has 2 aromatic rings. The Morgan fingerprint density at radius 2 is 2.10 bits per heavy atom. The number of nitrogen functional groups attached to an aromatic ring is 1. The molecule has 21 heavy (non-hydrogen) atoms. The number of hydrogen-bond donors (Lipinski definition) is 1. The van der Waals surface area contributed by atoms with Crippen molar-refractivity contribution in [2.75, 3.05) is 19.5 Å². The number of hydrogen-bond acceptors (Lipinski definition) is 5. The summed E-state index contributed by atoms with van der Waals surface area (Å²) in [7, 11) is 1.72. The molecule has 1 aromatic carbocycles. The van der Waals surface area contributed by atoms with Crippen molar-refractivity contribution in [2.45, 2.75) is 33.7 Å². The van der Waals surface area contributed by atoms with E-state index >= 15 is 0 Å². The van der Waals surface area contributed by atoms with Crippen LogP contribution in [-0.2, 0) is 11.3 Å². The average molecular weight is 289 g/mol. The SMILES string of the molecule is COCCC(C)(C)Cn1nnnc1-c1ccc(N)cc1C. The lowest BCUT2D eigenvalue weighted by Gasteiger charge is -2.24. The van der Waals surface area contributed by atoms with Crippen LogP contribution >= 0.6 is 0 Å². The Hall–Kier alpha value is -1.95. The number of nitrogens with two attached hydrogens (primary N) is 1. The van der Waals surface area contributed by atoms with Crippen molar-refractivity contribution >= 4 is 5.69 Å². The molecule has 0 amide bonds. The van der Waals surface area contributed by atoms with Gasteiger partial charge in [0, 0.05) is 25.0 Å². The minimum Gasteiger partial charge on any atom is -0.399 e. The molecule has 0 fully saturated rings. The zero-order chi connectivity index (χ0) is 15.5. The number of methoxy groups -OCH3 is 1. The van der Waals surface area contributed by atoms with Gasteiger partial charge in [-0.1, -0.05) is 13.8 Å². The molecule has 0 aliphatic heterocycles. The molecular formula is C15H23N5O. The smallest absolute Gasteiger partial charge is 0.182 e. The number of nitrogens with zero attached hydrogens (tertiary/aromatic N) is 4. The van der Waals surface area contributed by atoms with Gasteiger partial charge in [0.25, 0.3) is 0 Å². The first kappa shape index (κ1) is 15.4. The van der Waals surface area contributed by atoms with Crippen LogP contribution in [0.25, 0.3) is 11.4 Å². The van der Waals surface area contributed by atoms with E-state index in [1.165, 1.54) is 0 Å². The maximum atomic E-state index is 5.80. The van der Waals surface area contributed by atoms with Crippen LogP contribution in [0.15, 0.2) is 18.2 Å². The van der Waals surface area contributed by atoms with Gasteiger partial charge in [0.2, 0.25) is 0 Å². The molecule has 1 heterocycles. The number of anilines is 1. The molecule has 0 spiro atoms. The zero-order valence-electron chi connectivity index (χ0n) is 13.1. The minimum absolute atomic E-state index is 0.0574. The summed E-state index contributed by atoms with van der Waals surface area (Å²) in [4.78, 5) is 0. The van der Waals surface area contributed by atoms with E-state index in [9.17, 15) is 0 Å². The Balaban J connectivity index is 2.26. The van der Waals surface area contributed by atoms with Crippen molar-refractivity contribution < 1.29 is 4.74 Å². The number of ether oxygens (including phenoxy) is 1. The molecule has 6 heteroatoms. The van der Waals surface area contributed by atoms with Crippen LogP contribution in [0.2, 0.25) is 0 Å². The van der Waals surface area contributed by atoms with Gasteiger partial charge in [-0.05, 0) is 52.9 Å². The molecule has 0 bridgehead atoms. The van der Waals surface area contributed by atoms with Gasteiger partial charge in [-0.15, -0.1) is 5.10 Å². The van der Waals surface area contributed by atoms with Gasteiger partial charge >= 0.3 is 0 Å². The van der Waals surface area contributed by atoms with Gasteiger partial charge < -0.3 is 10.5 Å². The monoisotopic (exact) mass is 289 g/mol. The lowest BCUT2D eigenvalue weighted by Crippen LogP contribution is -2.23. The first-order valence-electron chi connectivity index (χ1n) is 7.04. The minimum atomic E-state index is 0.0574. The lowest BCUT2D eigenvalue weighted by atomic mass is 9.89. The summed E-state index contributed by atoms with van der Waals surface area (Å²) < 4.78 is 7.02. The lowest BCUT2D eigenvalue weighted by molar-refractivity contribution is 0.140. The van der Waals surface area contributed by atoms with Crippen molar-refractivity contribution in [3.63, 3.8) is 0 Å². The van der Waals surface area contributed by atoms with Crippen LogP contribution in [-0.4, -0.2) is 33.9 Å². The van der Waals surface area contributed by atoms with Crippen molar-refractivity contribution in [2.24, 2.45) is 5.41 Å². The van der Waals surface area contributed by atoms with E-state index in [-0.39, 0.29) is 5.41 Å². The summed E-state index contributed by atoms with van der Waals surface area (Å²) in [5.74, 6) is 0.776. The third-order valence-electron chi connectivity index (χ3n) is 3.58. The van der Waals surface area contributed by atoms with Gasteiger partial charge in [0.15, 0.2) is 5.82 Å². The largest absolute Gasteiger partial charge is 0.399 e. The molecule has 0 aliphatic carbocycles. The normalized spacial score (nSPS) is 11.8. The van der Waals surface area contributed by atoms with E-state index in [0.29, 0.717) is 0 Å². The Kier molecular flexibility index (Phi) is 4.57. The maximum Gasteiger partial charge on any atom is 0.182 e. The molecule has 1 aromatic heterocycles. The van der Waals surface area contributed by atoms with Crippen LogP contribution in [0.4, 0.5) is 5.69 Å². The molecule has 0 unspecified atom stereocenters. The van der Waals surface area contributed by atoms with Gasteiger partial charge in [-0.3, -0.25) is 0 Å². The number of aromatic nitrogens is 4. The zero-order valence-corrected chi connectivity index (χ0v) is 13.1. The Morgan fingerprint density at radius 1 is 1.33 bits per heavy atom. The fraction of sp³-hybridized carbons (Fsp3) is 0.533. The number of benzene rings is 1. The molecule has 0 aliphatic rings. The van der Waals surface area contributed by atoms with Gasteiger partial charge in [-0.2, -0.15) is 0 Å². The second kappa shape index (κ2) is 6.22. The molecule has 2 N–H and O–H groups in total. The third-order valence-corrected chi connectivity index (χ3v) is 3.58. The summed E-state index contributed by atoms with van der Waals surface area (Å²) in [5.41, 5.74) is 8.69. The highest BCUT2D eigenvalue weighted by Gasteiger charge is 2.22. The van der Waals surface area contributed by atoms with Crippen LogP contribution in [0, 0.1) is 12.3 Å². The van der Waals surface area contributed by atoms with Crippen molar-refractivity contribution in [1.29, 1.82) is 0 Å². The summed E-state index contributed by atoms with van der Waals surface area (Å²) in [5, 5.41) is 12.1. The molecule has 6 nitrogen and oxygen atoms in total. The highest BCUT2D eigenvalue weighted by molar-refractivity contribution is 5.63. The van der Waals surface area contributed by atoms with E-state index in [1.54, 1.807) is 7.11 Å². The quantitative estimate of drug-likeness (QED) is 0.825. The Labute approximate surface area is 125 Å². The van der Waals surface area contributed by atoms with E-state index in [1.807, 2.05) is 29.8 Å². The van der Waals surface area contributed by atoms with E-state index in [0.717, 1.165) is 42.2 Å². The highest BCUT2D eigenvalue weighted by atomic mass is 16.5. The Morgan fingerprint density at radius 3 is 2.76 bits per heavy atom. The van der Waals surface area contributed by atoms with E-state index < -0.39 is 0 Å². The van der Waals surface area contributed by atoms with Gasteiger partial charge in [0.1, 0.15) is 0 Å². The van der Waals surface area contributed by atoms with Crippen molar-refractivity contribution in [3.8, 4) is 11.4 Å². The summed E-state index contributed by atoms with van der Waals surface area (Å²) in [6.45, 7) is 7.86. The molecule has 0 radical (unpaired) electrons. The summed E-state index contributed by atoms with van der Waals surface area (Å²) in [6.07, 6.45) is 0.948. The second-order valence-corrected chi connectivity index (χ2v) is 6.14. The summed E-state index contributed by atoms with van der Waals surface area (Å²) >= 11 is 0. The van der Waals surface area contributed by atoms with E-state index in [2.05, 4.69) is 29.4 Å². The predicted molar refractivity (Wildman–Crippen MR) is 82.7 cm³/mol. The second-order valence-electron chi connectivity index (χ2n) is 6.14. The highest BCUT2D eigenvalue weighted by Crippen LogP contribution is 2.27. The van der Waals surface area contributed by atoms with Crippen LogP contribution in [0.1, 0.15) is 25.8 Å². The van der Waals surface area contributed by atoms with Crippen LogP contribution < -0.4 is 5.73 Å². The van der Waals surface area contributed by atoms with Crippen molar-refractivity contribution in [1.82, 2.24) is 20.2 Å². The molecular weight excluding hydrogens is 266 g/mol. The molecule has 2 rings (SSSR count). The van der Waals surface area contributed by atoms with Crippen LogP contribution in [0.5, 0.6) is 0 Å². The van der Waals surface area contributed by atoms with E-state index in [4.69, 9.17) is 10.5 Å². The molecule has 0 atom stereocenters. The topological polar surface area (TPSA) is 78.8 Å². The fourth-order valence-corrected chi connectivity index (χ4v) is 2.30. The third kappa shape index (κ3) is 3.78. The number of rotatable bonds is 6. The number of tetrazole rings is 1. The van der Waals surface area contributed by atoms with Crippen LogP contribution in [0.3, 0.4) is 0 Å². The molecule has 0 saturated heterocycles. The average Bonchev–Trinajstić information content (AvgIpc) is 2.84. The maximum absolute atomic E-state index is 5.80. The first-order chi connectivity index (χ1) is 9.93. The van der Waals surface area contributed by atoms with Gasteiger partial charge in [-0.25, -0.2) is 4.68 Å². The Bertz CT molecular complexity index is 606. The van der Waals surface area contributed by atoms with Crippen molar-refractivity contribution in [3.05, 3.63) is 23.8 Å². The fourth-order valence-electron chi connectivity index (χ4n) is 2.30. The van der Waals surface area contributed by atoms with Gasteiger partial charge in [0.05, 0.1) is 6.54 Å². The molecule has 114 valence electrons.